The Bertz CT molecular complexity index is 830. The quantitative estimate of drug-likeness (QED) is 0.701. The van der Waals surface area contributed by atoms with Crippen molar-refractivity contribution >= 4 is 0 Å². The van der Waals surface area contributed by atoms with Crippen LogP contribution in [0.3, 0.4) is 0 Å². The Balaban J connectivity index is 1.51. The fourth-order valence-corrected chi connectivity index (χ4v) is 3.57. The van der Waals surface area contributed by atoms with E-state index in [9.17, 15) is 0 Å². The summed E-state index contributed by atoms with van der Waals surface area (Å²) in [6.45, 7) is 2.52. The molecule has 0 amide bonds. The van der Waals surface area contributed by atoms with Gasteiger partial charge in [-0.25, -0.2) is 0 Å². The van der Waals surface area contributed by atoms with E-state index in [0.717, 1.165) is 47.9 Å². The second kappa shape index (κ2) is 7.27. The second-order valence-corrected chi connectivity index (χ2v) is 6.47. The van der Waals surface area contributed by atoms with Gasteiger partial charge in [0.05, 0.1) is 37.0 Å². The maximum absolute atomic E-state index is 5.68. The first kappa shape index (κ1) is 16.7. The smallest absolute Gasteiger partial charge is 0.118 e. The lowest BCUT2D eigenvalue weighted by molar-refractivity contribution is 0.0957. The zero-order chi connectivity index (χ0) is 17.9. The van der Waals surface area contributed by atoms with E-state index in [-0.39, 0.29) is 12.0 Å². The first-order valence-electron chi connectivity index (χ1n) is 8.56. The van der Waals surface area contributed by atoms with Gasteiger partial charge in [0.15, 0.2) is 0 Å². The van der Waals surface area contributed by atoms with Crippen LogP contribution in [0.5, 0.6) is 5.75 Å². The number of hydrogen-bond acceptors (Lipinski definition) is 6. The van der Waals surface area contributed by atoms with Crippen molar-refractivity contribution in [3.63, 3.8) is 0 Å². The molecule has 2 N–H and O–H groups in total. The van der Waals surface area contributed by atoms with E-state index in [0.29, 0.717) is 0 Å². The molecule has 8 nitrogen and oxygen atoms in total. The van der Waals surface area contributed by atoms with Crippen molar-refractivity contribution in [2.24, 2.45) is 0 Å². The van der Waals surface area contributed by atoms with Crippen molar-refractivity contribution in [3.05, 3.63) is 47.9 Å². The first-order valence-corrected chi connectivity index (χ1v) is 8.56. The van der Waals surface area contributed by atoms with Crippen molar-refractivity contribution in [2.45, 2.75) is 18.6 Å². The predicted octanol–water partition coefficient (Wildman–Crippen LogP) is 1.82. The number of aromatic amines is 2. The molecule has 1 fully saturated rings. The number of hydrogen-bond donors (Lipinski definition) is 2. The highest BCUT2D eigenvalue weighted by molar-refractivity contribution is 5.63. The van der Waals surface area contributed by atoms with Gasteiger partial charge in [-0.2, -0.15) is 20.5 Å². The summed E-state index contributed by atoms with van der Waals surface area (Å²) < 4.78 is 10.9. The summed E-state index contributed by atoms with van der Waals surface area (Å²) in [6.07, 6.45) is 3.78. The summed E-state index contributed by atoms with van der Waals surface area (Å²) in [6, 6.07) is 7.99. The molecule has 1 aliphatic heterocycles. The Morgan fingerprint density at radius 2 is 1.96 bits per heavy atom. The number of nitrogens with one attached hydrogen (secondary N) is 2. The summed E-state index contributed by atoms with van der Waals surface area (Å²) in [7, 11) is 3.42. The molecule has 0 saturated carbocycles. The predicted molar refractivity (Wildman–Crippen MR) is 95.8 cm³/mol. The molecule has 1 saturated heterocycles. The Hall–Kier alpha value is -2.71. The molecule has 2 atom stereocenters. The average molecular weight is 354 g/mol. The standard InChI is InChI=1S/C18H22N6O2/c1-25-14-5-3-12(4-6-14)18-13(7-19-22-18)9-24-10-15(17(11-24)26-2)16-8-20-23-21-16/h3-8,15,17H,9-11H2,1-2H3,(H,19,22)(H,20,21,23)/t15-,17+/m0/s1. The lowest BCUT2D eigenvalue weighted by Gasteiger charge is -2.15. The maximum Gasteiger partial charge on any atom is 0.118 e. The third-order valence-corrected chi connectivity index (χ3v) is 4.95. The highest BCUT2D eigenvalue weighted by atomic mass is 16.5. The van der Waals surface area contributed by atoms with Crippen LogP contribution < -0.4 is 4.74 Å². The number of aromatic nitrogens is 5. The number of methoxy groups -OCH3 is 2. The molecule has 8 heteroatoms. The average Bonchev–Trinajstić information content (AvgIpc) is 3.42. The minimum atomic E-state index is 0.108. The van der Waals surface area contributed by atoms with Gasteiger partial charge >= 0.3 is 0 Å². The van der Waals surface area contributed by atoms with E-state index in [2.05, 4.69) is 30.5 Å². The Morgan fingerprint density at radius 3 is 2.65 bits per heavy atom. The maximum atomic E-state index is 5.68. The molecule has 0 aliphatic carbocycles. The van der Waals surface area contributed by atoms with Gasteiger partial charge in [0.1, 0.15) is 5.75 Å². The van der Waals surface area contributed by atoms with Gasteiger partial charge in [0.25, 0.3) is 0 Å². The zero-order valence-corrected chi connectivity index (χ0v) is 14.8. The number of benzene rings is 1. The largest absolute Gasteiger partial charge is 0.497 e. The molecule has 3 heterocycles. The first-order chi connectivity index (χ1) is 12.8. The molecule has 0 radical (unpaired) electrons. The van der Waals surface area contributed by atoms with E-state index in [1.165, 1.54) is 0 Å². The summed E-state index contributed by atoms with van der Waals surface area (Å²) in [5, 5.41) is 18.2. The normalized spacial score (nSPS) is 20.5. The van der Waals surface area contributed by atoms with E-state index >= 15 is 0 Å². The van der Waals surface area contributed by atoms with Gasteiger partial charge in [-0.1, -0.05) is 0 Å². The SMILES string of the molecule is COc1ccc(-c2[nH]ncc2CN2C[C@@H](OC)[C@H](c3cn[nH]n3)C2)cc1. The summed E-state index contributed by atoms with van der Waals surface area (Å²) in [4.78, 5) is 2.37. The van der Waals surface area contributed by atoms with Crippen LogP contribution in [-0.2, 0) is 11.3 Å². The second-order valence-electron chi connectivity index (χ2n) is 6.47. The summed E-state index contributed by atoms with van der Waals surface area (Å²) in [5.41, 5.74) is 4.23. The van der Waals surface area contributed by atoms with Crippen molar-refractivity contribution in [2.75, 3.05) is 27.3 Å². The molecular weight excluding hydrogens is 332 g/mol. The van der Waals surface area contributed by atoms with Gasteiger partial charge in [-0.05, 0) is 24.3 Å². The third-order valence-electron chi connectivity index (χ3n) is 4.95. The fraction of sp³-hybridized carbons (Fsp3) is 0.389. The van der Waals surface area contributed by atoms with Gasteiger partial charge < -0.3 is 9.47 Å². The molecule has 0 unspecified atom stereocenters. The Labute approximate surface area is 151 Å². The van der Waals surface area contributed by atoms with Crippen LogP contribution >= 0.6 is 0 Å². The van der Waals surface area contributed by atoms with Crippen LogP contribution in [0.15, 0.2) is 36.7 Å². The Morgan fingerprint density at radius 1 is 1.12 bits per heavy atom. The fourth-order valence-electron chi connectivity index (χ4n) is 3.57. The van der Waals surface area contributed by atoms with Gasteiger partial charge in [-0.3, -0.25) is 10.00 Å². The van der Waals surface area contributed by atoms with Gasteiger partial charge in [0.2, 0.25) is 0 Å². The topological polar surface area (TPSA) is 92.0 Å². The van der Waals surface area contributed by atoms with E-state index in [1.54, 1.807) is 20.4 Å². The third kappa shape index (κ3) is 3.21. The molecular formula is C18H22N6O2. The highest BCUT2D eigenvalue weighted by Crippen LogP contribution is 2.31. The monoisotopic (exact) mass is 354 g/mol. The molecule has 3 aromatic rings. The van der Waals surface area contributed by atoms with E-state index < -0.39 is 0 Å². The molecule has 4 rings (SSSR count). The molecule has 2 aromatic heterocycles. The number of likely N-dealkylation sites (tertiary alicyclic amines) is 1. The minimum absolute atomic E-state index is 0.108. The van der Waals surface area contributed by atoms with Crippen LogP contribution in [0, 0.1) is 0 Å². The van der Waals surface area contributed by atoms with Gasteiger partial charge in [-0.15, -0.1) is 0 Å². The lowest BCUT2D eigenvalue weighted by atomic mass is 10.0. The van der Waals surface area contributed by atoms with Crippen LogP contribution in [0.4, 0.5) is 0 Å². The van der Waals surface area contributed by atoms with Crippen molar-refractivity contribution in [1.29, 1.82) is 0 Å². The van der Waals surface area contributed by atoms with E-state index in [4.69, 9.17) is 9.47 Å². The van der Waals surface area contributed by atoms with Crippen LogP contribution in [0.2, 0.25) is 0 Å². The zero-order valence-electron chi connectivity index (χ0n) is 14.8. The lowest BCUT2D eigenvalue weighted by Crippen LogP contribution is -2.22. The minimum Gasteiger partial charge on any atom is -0.497 e. The molecule has 1 aromatic carbocycles. The number of rotatable bonds is 6. The number of nitrogens with zero attached hydrogens (tertiary/aromatic N) is 4. The van der Waals surface area contributed by atoms with Crippen LogP contribution in [0.1, 0.15) is 17.2 Å². The Kier molecular flexibility index (Phi) is 4.68. The van der Waals surface area contributed by atoms with Crippen molar-refractivity contribution < 1.29 is 9.47 Å². The summed E-state index contributed by atoms with van der Waals surface area (Å²) in [5.74, 6) is 1.06. The number of ether oxygens (including phenoxy) is 2. The van der Waals surface area contributed by atoms with Gasteiger partial charge in [0, 0.05) is 43.8 Å². The summed E-state index contributed by atoms with van der Waals surface area (Å²) >= 11 is 0. The molecule has 1 aliphatic rings. The highest BCUT2D eigenvalue weighted by Gasteiger charge is 2.35. The molecule has 26 heavy (non-hydrogen) atoms. The van der Waals surface area contributed by atoms with Crippen LogP contribution in [0.25, 0.3) is 11.3 Å². The molecule has 0 spiro atoms. The van der Waals surface area contributed by atoms with Crippen molar-refractivity contribution in [3.8, 4) is 17.0 Å². The van der Waals surface area contributed by atoms with Crippen molar-refractivity contribution in [1.82, 2.24) is 30.5 Å². The molecule has 0 bridgehead atoms. The van der Waals surface area contributed by atoms with Crippen LogP contribution in [-0.4, -0.2) is 63.9 Å². The van der Waals surface area contributed by atoms with E-state index in [1.807, 2.05) is 30.5 Å². The molecule has 136 valence electrons. The number of H-pyrrole nitrogens is 2.